The normalized spacial score (nSPS) is 9.73. The molecule has 0 bridgehead atoms. The zero-order valence-corrected chi connectivity index (χ0v) is 13.4. The van der Waals surface area contributed by atoms with Crippen molar-refractivity contribution in [3.63, 3.8) is 0 Å². The van der Waals surface area contributed by atoms with Crippen molar-refractivity contribution < 1.29 is 9.53 Å². The quantitative estimate of drug-likeness (QED) is 0.887. The Balaban J connectivity index is 0.00000242. The highest BCUT2D eigenvalue weighted by atomic mass is 35.5. The minimum Gasteiger partial charge on any atom is -0.494 e. The lowest BCUT2D eigenvalue weighted by atomic mass is 10.1. The molecule has 1 heterocycles. The van der Waals surface area contributed by atoms with Crippen LogP contribution in [-0.4, -0.2) is 17.5 Å². The molecule has 0 radical (unpaired) electrons. The largest absolute Gasteiger partial charge is 0.494 e. The van der Waals surface area contributed by atoms with E-state index in [9.17, 15) is 4.79 Å². The molecule has 0 aliphatic heterocycles. The first-order chi connectivity index (χ1) is 10.1. The van der Waals surface area contributed by atoms with Gasteiger partial charge in [-0.3, -0.25) is 9.78 Å². The maximum Gasteiger partial charge on any atom is 0.230 e. The van der Waals surface area contributed by atoms with Crippen LogP contribution >= 0.6 is 12.4 Å². The van der Waals surface area contributed by atoms with E-state index in [1.807, 2.05) is 32.0 Å². The van der Waals surface area contributed by atoms with E-state index in [2.05, 4.69) is 10.3 Å². The molecular formula is C16H20ClN3O2. The van der Waals surface area contributed by atoms with E-state index >= 15 is 0 Å². The Morgan fingerprint density at radius 1 is 1.32 bits per heavy atom. The summed E-state index contributed by atoms with van der Waals surface area (Å²) >= 11 is 0. The third-order valence-corrected chi connectivity index (χ3v) is 2.97. The number of nitrogen functional groups attached to an aromatic ring is 1. The number of nitrogens with zero attached hydrogens (tertiary/aromatic N) is 1. The Morgan fingerprint density at radius 3 is 2.68 bits per heavy atom. The van der Waals surface area contributed by atoms with E-state index in [0.29, 0.717) is 18.0 Å². The summed E-state index contributed by atoms with van der Waals surface area (Å²) in [4.78, 5) is 16.1. The number of nitrogens with two attached hydrogens (primary N) is 1. The molecule has 0 saturated heterocycles. The van der Waals surface area contributed by atoms with Crippen molar-refractivity contribution in [2.75, 3.05) is 17.7 Å². The molecule has 2 aromatic rings. The van der Waals surface area contributed by atoms with Crippen LogP contribution in [0.5, 0.6) is 5.75 Å². The van der Waals surface area contributed by atoms with E-state index in [1.165, 1.54) is 0 Å². The summed E-state index contributed by atoms with van der Waals surface area (Å²) in [5.41, 5.74) is 8.57. The summed E-state index contributed by atoms with van der Waals surface area (Å²) < 4.78 is 5.42. The molecule has 1 aromatic carbocycles. The molecule has 5 nitrogen and oxygen atoms in total. The van der Waals surface area contributed by atoms with Crippen molar-refractivity contribution in [3.8, 4) is 5.75 Å². The molecule has 0 unspecified atom stereocenters. The van der Waals surface area contributed by atoms with Crippen LogP contribution in [0.3, 0.4) is 0 Å². The van der Waals surface area contributed by atoms with Crippen molar-refractivity contribution in [1.82, 2.24) is 4.98 Å². The number of amides is 1. The molecule has 1 aromatic heterocycles. The number of halogens is 1. The Hall–Kier alpha value is -2.27. The van der Waals surface area contributed by atoms with Crippen LogP contribution in [0.15, 0.2) is 36.5 Å². The van der Waals surface area contributed by atoms with E-state index in [-0.39, 0.29) is 24.7 Å². The average molecular weight is 322 g/mol. The zero-order valence-electron chi connectivity index (χ0n) is 12.6. The van der Waals surface area contributed by atoms with Crippen LogP contribution in [0.25, 0.3) is 0 Å². The van der Waals surface area contributed by atoms with Crippen molar-refractivity contribution in [2.45, 2.75) is 20.3 Å². The fourth-order valence-electron chi connectivity index (χ4n) is 1.93. The molecule has 1 amide bonds. The minimum absolute atomic E-state index is 0. The fourth-order valence-corrected chi connectivity index (χ4v) is 1.93. The van der Waals surface area contributed by atoms with E-state index in [4.69, 9.17) is 10.5 Å². The number of carbonyl (C=O) groups excluding carboxylic acids is 1. The number of pyridine rings is 1. The van der Waals surface area contributed by atoms with Crippen LogP contribution < -0.4 is 15.8 Å². The highest BCUT2D eigenvalue weighted by molar-refractivity contribution is 5.92. The number of benzene rings is 1. The SMILES string of the molecule is CCOc1ccc(NC(=O)Cc2ccc(N)cn2)c(C)c1.Cl. The molecule has 0 spiro atoms. The number of anilines is 2. The number of hydrogen-bond acceptors (Lipinski definition) is 4. The number of ether oxygens (including phenoxy) is 1. The van der Waals surface area contributed by atoms with Gasteiger partial charge in [0.1, 0.15) is 5.75 Å². The first-order valence-electron chi connectivity index (χ1n) is 6.82. The summed E-state index contributed by atoms with van der Waals surface area (Å²) in [6.07, 6.45) is 1.76. The number of aromatic nitrogens is 1. The molecule has 118 valence electrons. The second kappa shape index (κ2) is 8.24. The van der Waals surface area contributed by atoms with Gasteiger partial charge in [0.15, 0.2) is 0 Å². The molecule has 0 saturated carbocycles. The summed E-state index contributed by atoms with van der Waals surface area (Å²) in [5, 5.41) is 2.88. The molecule has 0 aliphatic rings. The highest BCUT2D eigenvalue weighted by Gasteiger charge is 2.07. The Bertz CT molecular complexity index is 630. The van der Waals surface area contributed by atoms with Crippen molar-refractivity contribution in [2.24, 2.45) is 0 Å². The predicted molar refractivity (Wildman–Crippen MR) is 90.6 cm³/mol. The van der Waals surface area contributed by atoms with Gasteiger partial charge < -0.3 is 15.8 Å². The van der Waals surface area contributed by atoms with Gasteiger partial charge in [-0.05, 0) is 49.7 Å². The maximum absolute atomic E-state index is 12.0. The van der Waals surface area contributed by atoms with Crippen LogP contribution in [0.1, 0.15) is 18.2 Å². The third-order valence-electron chi connectivity index (χ3n) is 2.97. The van der Waals surface area contributed by atoms with Gasteiger partial charge in [-0.1, -0.05) is 0 Å². The summed E-state index contributed by atoms with van der Waals surface area (Å²) in [6.45, 7) is 4.48. The van der Waals surface area contributed by atoms with Crippen LogP contribution in [0, 0.1) is 6.92 Å². The second-order valence-electron chi connectivity index (χ2n) is 4.72. The summed E-state index contributed by atoms with van der Waals surface area (Å²) in [5.74, 6) is 0.688. The smallest absolute Gasteiger partial charge is 0.230 e. The predicted octanol–water partition coefficient (Wildman–Crippen LogP) is 2.97. The van der Waals surface area contributed by atoms with Gasteiger partial charge in [0.2, 0.25) is 5.91 Å². The van der Waals surface area contributed by atoms with E-state index < -0.39 is 0 Å². The number of hydrogen-bond donors (Lipinski definition) is 2. The molecule has 2 rings (SSSR count). The standard InChI is InChI=1S/C16H19N3O2.ClH/c1-3-21-14-6-7-15(11(2)8-14)19-16(20)9-13-5-4-12(17)10-18-13;/h4-8,10H,3,9,17H2,1-2H3,(H,19,20);1H. The molecule has 22 heavy (non-hydrogen) atoms. The number of rotatable bonds is 5. The topological polar surface area (TPSA) is 77.2 Å². The number of carbonyl (C=O) groups is 1. The first kappa shape index (κ1) is 17.8. The van der Waals surface area contributed by atoms with Crippen molar-refractivity contribution >= 4 is 29.7 Å². The molecule has 0 fully saturated rings. The Labute approximate surface area is 136 Å². The second-order valence-corrected chi connectivity index (χ2v) is 4.72. The molecule has 0 atom stereocenters. The fraction of sp³-hybridized carbons (Fsp3) is 0.250. The molecule has 3 N–H and O–H groups in total. The molecule has 0 aliphatic carbocycles. The number of aryl methyl sites for hydroxylation is 1. The van der Waals surface area contributed by atoms with Gasteiger partial charge in [-0.2, -0.15) is 0 Å². The highest BCUT2D eigenvalue weighted by Crippen LogP contribution is 2.21. The summed E-state index contributed by atoms with van der Waals surface area (Å²) in [7, 11) is 0. The lowest BCUT2D eigenvalue weighted by Gasteiger charge is -2.10. The van der Waals surface area contributed by atoms with Gasteiger partial charge in [0.05, 0.1) is 24.9 Å². The van der Waals surface area contributed by atoms with Crippen LogP contribution in [-0.2, 0) is 11.2 Å². The Kier molecular flexibility index (Phi) is 6.66. The zero-order chi connectivity index (χ0) is 15.2. The molecule has 6 heteroatoms. The van der Waals surface area contributed by atoms with Gasteiger partial charge in [0, 0.05) is 11.4 Å². The third kappa shape index (κ3) is 4.93. The number of nitrogens with one attached hydrogen (secondary N) is 1. The van der Waals surface area contributed by atoms with Crippen molar-refractivity contribution in [1.29, 1.82) is 0 Å². The van der Waals surface area contributed by atoms with E-state index in [0.717, 1.165) is 17.0 Å². The van der Waals surface area contributed by atoms with Gasteiger partial charge in [-0.15, -0.1) is 12.4 Å². The van der Waals surface area contributed by atoms with Crippen LogP contribution in [0.2, 0.25) is 0 Å². The van der Waals surface area contributed by atoms with Crippen LogP contribution in [0.4, 0.5) is 11.4 Å². The van der Waals surface area contributed by atoms with Gasteiger partial charge >= 0.3 is 0 Å². The minimum atomic E-state index is -0.112. The Morgan fingerprint density at radius 2 is 2.09 bits per heavy atom. The van der Waals surface area contributed by atoms with Gasteiger partial charge in [-0.25, -0.2) is 0 Å². The molecular weight excluding hydrogens is 302 g/mol. The van der Waals surface area contributed by atoms with Gasteiger partial charge in [0.25, 0.3) is 0 Å². The van der Waals surface area contributed by atoms with Crippen molar-refractivity contribution in [3.05, 3.63) is 47.8 Å². The lowest BCUT2D eigenvalue weighted by molar-refractivity contribution is -0.115. The van der Waals surface area contributed by atoms with E-state index in [1.54, 1.807) is 18.3 Å². The maximum atomic E-state index is 12.0. The summed E-state index contributed by atoms with van der Waals surface area (Å²) in [6, 6.07) is 9.07. The lowest BCUT2D eigenvalue weighted by Crippen LogP contribution is -2.16. The monoisotopic (exact) mass is 321 g/mol. The first-order valence-corrected chi connectivity index (χ1v) is 6.82. The average Bonchev–Trinajstić information content (AvgIpc) is 2.45.